The van der Waals surface area contributed by atoms with Crippen LogP contribution in [-0.4, -0.2) is 28.6 Å². The second-order valence-corrected chi connectivity index (χ2v) is 8.79. The van der Waals surface area contributed by atoms with E-state index in [1.54, 1.807) is 19.1 Å². The van der Waals surface area contributed by atoms with E-state index in [0.29, 0.717) is 23.4 Å². The van der Waals surface area contributed by atoms with E-state index >= 15 is 0 Å². The number of aromatic amines is 1. The SMILES string of the molecule is CC(C)Oc1ccc(C#Cc2cccc(C(C)O)c2)cc1C(=O)NCCc1c[nH]c2ccccc12. The van der Waals surface area contributed by atoms with Crippen LogP contribution in [0, 0.1) is 11.8 Å². The first-order chi connectivity index (χ1) is 16.9. The monoisotopic (exact) mass is 466 g/mol. The third-order valence-electron chi connectivity index (χ3n) is 5.66. The number of aliphatic hydroxyl groups is 1. The number of hydrogen-bond acceptors (Lipinski definition) is 3. The quantitative estimate of drug-likeness (QED) is 0.320. The summed E-state index contributed by atoms with van der Waals surface area (Å²) in [5.41, 5.74) is 5.04. The van der Waals surface area contributed by atoms with Gasteiger partial charge in [0.25, 0.3) is 5.91 Å². The predicted octanol–water partition coefficient (Wildman–Crippen LogP) is 5.38. The van der Waals surface area contributed by atoms with Gasteiger partial charge in [0.15, 0.2) is 0 Å². The molecular formula is C30H30N2O3. The third-order valence-corrected chi connectivity index (χ3v) is 5.66. The number of aromatic nitrogens is 1. The number of ether oxygens (including phenoxy) is 1. The molecule has 35 heavy (non-hydrogen) atoms. The molecule has 0 aliphatic carbocycles. The number of fused-ring (bicyclic) bond motifs is 1. The minimum atomic E-state index is -0.552. The molecule has 0 aliphatic heterocycles. The van der Waals surface area contributed by atoms with Crippen molar-refractivity contribution < 1.29 is 14.6 Å². The van der Waals surface area contributed by atoms with Gasteiger partial charge in [0.05, 0.1) is 17.8 Å². The number of benzene rings is 3. The van der Waals surface area contributed by atoms with Crippen LogP contribution in [0.4, 0.5) is 0 Å². The van der Waals surface area contributed by atoms with E-state index in [1.807, 2.05) is 68.6 Å². The molecule has 5 heteroatoms. The fourth-order valence-electron chi connectivity index (χ4n) is 3.91. The lowest BCUT2D eigenvalue weighted by Crippen LogP contribution is -2.26. The summed E-state index contributed by atoms with van der Waals surface area (Å²) in [6.07, 6.45) is 2.10. The lowest BCUT2D eigenvalue weighted by atomic mass is 10.1. The number of rotatable bonds is 7. The number of H-pyrrole nitrogens is 1. The first kappa shape index (κ1) is 24.1. The van der Waals surface area contributed by atoms with E-state index in [1.165, 1.54) is 10.9 Å². The summed E-state index contributed by atoms with van der Waals surface area (Å²) in [5.74, 6) is 6.59. The molecule has 1 atom stereocenters. The van der Waals surface area contributed by atoms with E-state index < -0.39 is 6.10 Å². The van der Waals surface area contributed by atoms with Gasteiger partial charge in [-0.15, -0.1) is 0 Å². The van der Waals surface area contributed by atoms with Gasteiger partial charge in [-0.25, -0.2) is 0 Å². The first-order valence-corrected chi connectivity index (χ1v) is 11.8. The lowest BCUT2D eigenvalue weighted by Gasteiger charge is -2.14. The van der Waals surface area contributed by atoms with Crippen molar-refractivity contribution in [1.82, 2.24) is 10.3 Å². The predicted molar refractivity (Wildman–Crippen MR) is 140 cm³/mol. The Morgan fingerprint density at radius 1 is 1.00 bits per heavy atom. The molecule has 1 unspecified atom stereocenters. The van der Waals surface area contributed by atoms with E-state index in [2.05, 4.69) is 28.2 Å². The van der Waals surface area contributed by atoms with Crippen LogP contribution in [0.25, 0.3) is 10.9 Å². The summed E-state index contributed by atoms with van der Waals surface area (Å²) in [5, 5.41) is 14.0. The molecule has 3 N–H and O–H groups in total. The first-order valence-electron chi connectivity index (χ1n) is 11.8. The Labute approximate surface area is 206 Å². The largest absolute Gasteiger partial charge is 0.490 e. The summed E-state index contributed by atoms with van der Waals surface area (Å²) in [6.45, 7) is 6.09. The molecule has 4 rings (SSSR count). The number of carbonyl (C=O) groups is 1. The summed E-state index contributed by atoms with van der Waals surface area (Å²) in [4.78, 5) is 16.4. The zero-order valence-electron chi connectivity index (χ0n) is 20.3. The van der Waals surface area contributed by atoms with Crippen LogP contribution in [0.3, 0.4) is 0 Å². The summed E-state index contributed by atoms with van der Waals surface area (Å²) < 4.78 is 5.89. The van der Waals surface area contributed by atoms with Crippen LogP contribution >= 0.6 is 0 Å². The molecule has 1 amide bonds. The fourth-order valence-corrected chi connectivity index (χ4v) is 3.91. The second kappa shape index (κ2) is 10.9. The van der Waals surface area contributed by atoms with Gasteiger partial charge >= 0.3 is 0 Å². The van der Waals surface area contributed by atoms with Crippen LogP contribution in [-0.2, 0) is 6.42 Å². The molecular weight excluding hydrogens is 436 g/mol. The van der Waals surface area contributed by atoms with Gasteiger partial charge < -0.3 is 20.1 Å². The summed E-state index contributed by atoms with van der Waals surface area (Å²) in [6, 6.07) is 21.1. The van der Waals surface area contributed by atoms with Crippen molar-refractivity contribution in [1.29, 1.82) is 0 Å². The maximum absolute atomic E-state index is 13.1. The number of para-hydroxylation sites is 1. The topological polar surface area (TPSA) is 74.3 Å². The van der Waals surface area contributed by atoms with E-state index in [-0.39, 0.29) is 12.0 Å². The van der Waals surface area contributed by atoms with Crippen LogP contribution in [0.15, 0.2) is 72.9 Å². The Bertz CT molecular complexity index is 1390. The van der Waals surface area contributed by atoms with Crippen molar-refractivity contribution in [2.75, 3.05) is 6.54 Å². The van der Waals surface area contributed by atoms with E-state index in [4.69, 9.17) is 4.74 Å². The van der Waals surface area contributed by atoms with Crippen molar-refractivity contribution in [3.63, 3.8) is 0 Å². The second-order valence-electron chi connectivity index (χ2n) is 8.79. The molecule has 0 fully saturated rings. The van der Waals surface area contributed by atoms with Gasteiger partial charge in [-0.2, -0.15) is 0 Å². The molecule has 0 spiro atoms. The Balaban J connectivity index is 1.51. The molecule has 0 saturated carbocycles. The van der Waals surface area contributed by atoms with Crippen LogP contribution in [0.5, 0.6) is 5.75 Å². The average Bonchev–Trinajstić information content (AvgIpc) is 3.26. The van der Waals surface area contributed by atoms with Gasteiger partial charge in [-0.3, -0.25) is 4.79 Å². The number of aliphatic hydroxyl groups excluding tert-OH is 1. The Hall–Kier alpha value is -4.01. The van der Waals surface area contributed by atoms with Crippen LogP contribution in [0.2, 0.25) is 0 Å². The highest BCUT2D eigenvalue weighted by molar-refractivity contribution is 5.97. The van der Waals surface area contributed by atoms with Gasteiger partial charge in [-0.05, 0) is 74.7 Å². The maximum atomic E-state index is 13.1. The number of amides is 1. The third kappa shape index (κ3) is 6.11. The highest BCUT2D eigenvalue weighted by Gasteiger charge is 2.15. The molecule has 4 aromatic rings. The van der Waals surface area contributed by atoms with Crippen molar-refractivity contribution in [3.05, 3.63) is 101 Å². The number of hydrogen-bond donors (Lipinski definition) is 3. The Morgan fingerprint density at radius 3 is 2.54 bits per heavy atom. The number of nitrogens with one attached hydrogen (secondary N) is 2. The van der Waals surface area contributed by atoms with Gasteiger partial charge in [0.2, 0.25) is 0 Å². The van der Waals surface area contributed by atoms with Crippen LogP contribution < -0.4 is 10.1 Å². The molecule has 0 bridgehead atoms. The average molecular weight is 467 g/mol. The van der Waals surface area contributed by atoms with Crippen molar-refractivity contribution >= 4 is 16.8 Å². The molecule has 178 valence electrons. The Kier molecular flexibility index (Phi) is 7.54. The van der Waals surface area contributed by atoms with E-state index in [0.717, 1.165) is 23.1 Å². The summed E-state index contributed by atoms with van der Waals surface area (Å²) in [7, 11) is 0. The molecule has 5 nitrogen and oxygen atoms in total. The smallest absolute Gasteiger partial charge is 0.255 e. The van der Waals surface area contributed by atoms with Crippen molar-refractivity contribution in [2.45, 2.75) is 39.4 Å². The molecule has 1 heterocycles. The van der Waals surface area contributed by atoms with Gasteiger partial charge in [0.1, 0.15) is 5.75 Å². The maximum Gasteiger partial charge on any atom is 0.255 e. The van der Waals surface area contributed by atoms with E-state index in [9.17, 15) is 9.90 Å². The lowest BCUT2D eigenvalue weighted by molar-refractivity contribution is 0.0948. The fraction of sp³-hybridized carbons (Fsp3) is 0.233. The highest BCUT2D eigenvalue weighted by Crippen LogP contribution is 2.22. The zero-order chi connectivity index (χ0) is 24.8. The Morgan fingerprint density at radius 2 is 1.77 bits per heavy atom. The van der Waals surface area contributed by atoms with Gasteiger partial charge in [0, 0.05) is 34.8 Å². The molecule has 1 aromatic heterocycles. The number of carbonyl (C=O) groups excluding carboxylic acids is 1. The van der Waals surface area contributed by atoms with Crippen molar-refractivity contribution in [2.24, 2.45) is 0 Å². The molecule has 3 aromatic carbocycles. The molecule has 0 radical (unpaired) electrons. The minimum Gasteiger partial charge on any atom is -0.490 e. The molecule has 0 saturated heterocycles. The summed E-state index contributed by atoms with van der Waals surface area (Å²) >= 11 is 0. The van der Waals surface area contributed by atoms with Crippen LogP contribution in [0.1, 0.15) is 59.5 Å². The minimum absolute atomic E-state index is 0.0621. The van der Waals surface area contributed by atoms with Crippen molar-refractivity contribution in [3.8, 4) is 17.6 Å². The normalized spacial score (nSPS) is 11.7. The zero-order valence-corrected chi connectivity index (χ0v) is 20.3. The molecule has 0 aliphatic rings. The van der Waals surface area contributed by atoms with Gasteiger partial charge in [-0.1, -0.05) is 42.2 Å². The standard InChI is InChI=1S/C30H30N2O3/c1-20(2)35-29-14-13-23(12-11-22-7-6-8-24(17-22)21(3)33)18-27(29)30(34)31-16-15-25-19-32-28-10-5-4-9-26(25)28/h4-10,13-14,17-21,32-33H,15-16H2,1-3H3,(H,31,34). The highest BCUT2D eigenvalue weighted by atomic mass is 16.5.